The third kappa shape index (κ3) is 3.08. The monoisotopic (exact) mass is 332 g/mol. The number of aliphatic hydroxyl groups is 1. The van der Waals surface area contributed by atoms with E-state index in [1.54, 1.807) is 11.4 Å². The molecule has 2 N–H and O–H groups in total. The molecule has 3 heterocycles. The minimum atomic E-state index is -0.408. The van der Waals surface area contributed by atoms with Gasteiger partial charge in [-0.3, -0.25) is 14.7 Å². The summed E-state index contributed by atoms with van der Waals surface area (Å²) in [5.41, 5.74) is 2.82. The number of hydrogen-bond acceptors (Lipinski definition) is 4. The van der Waals surface area contributed by atoms with Crippen LogP contribution in [0.1, 0.15) is 43.1 Å². The van der Waals surface area contributed by atoms with Crippen LogP contribution in [-0.4, -0.2) is 49.2 Å². The van der Waals surface area contributed by atoms with Crippen LogP contribution >= 0.6 is 0 Å². The van der Waals surface area contributed by atoms with E-state index in [0.29, 0.717) is 12.1 Å². The van der Waals surface area contributed by atoms with Crippen LogP contribution in [0.15, 0.2) is 10.9 Å². The minimum Gasteiger partial charge on any atom is -0.393 e. The molecule has 1 aliphatic heterocycles. The molecule has 24 heavy (non-hydrogen) atoms. The molecular weight excluding hydrogens is 308 g/mol. The summed E-state index contributed by atoms with van der Waals surface area (Å²) >= 11 is 0. The predicted octanol–water partition coefficient (Wildman–Crippen LogP) is 0.944. The van der Waals surface area contributed by atoms with Gasteiger partial charge in [-0.25, -0.2) is 9.50 Å². The fraction of sp³-hybridized carbons (Fsp3) is 0.588. The third-order valence-electron chi connectivity index (χ3n) is 4.84. The van der Waals surface area contributed by atoms with Gasteiger partial charge in [-0.15, -0.1) is 0 Å². The lowest BCUT2D eigenvalue weighted by atomic mass is 10.1. The van der Waals surface area contributed by atoms with Crippen molar-refractivity contribution in [2.45, 2.75) is 58.6 Å². The summed E-state index contributed by atoms with van der Waals surface area (Å²) in [6.45, 7) is 6.25. The zero-order valence-electron chi connectivity index (χ0n) is 14.4. The second-order valence-corrected chi connectivity index (χ2v) is 6.72. The Morgan fingerprint density at radius 3 is 2.96 bits per heavy atom. The molecule has 0 saturated carbocycles. The second-order valence-electron chi connectivity index (χ2n) is 6.72. The van der Waals surface area contributed by atoms with Crippen molar-refractivity contribution in [1.82, 2.24) is 19.5 Å². The van der Waals surface area contributed by atoms with Crippen LogP contribution in [-0.2, 0) is 11.2 Å². The Bertz CT molecular complexity index is 821. The average molecular weight is 332 g/mol. The molecule has 0 spiro atoms. The molecule has 1 saturated heterocycles. The van der Waals surface area contributed by atoms with Gasteiger partial charge < -0.3 is 10.0 Å². The molecule has 1 fully saturated rings. The molecule has 7 nitrogen and oxygen atoms in total. The first-order valence-electron chi connectivity index (χ1n) is 8.42. The second kappa shape index (κ2) is 6.39. The van der Waals surface area contributed by atoms with E-state index in [1.165, 1.54) is 6.07 Å². The summed E-state index contributed by atoms with van der Waals surface area (Å²) in [5, 5.41) is 12.3. The first-order valence-corrected chi connectivity index (χ1v) is 8.42. The van der Waals surface area contributed by atoms with Crippen molar-refractivity contribution in [3.8, 4) is 0 Å². The number of H-pyrrole nitrogens is 1. The van der Waals surface area contributed by atoms with Crippen molar-refractivity contribution < 1.29 is 9.90 Å². The lowest BCUT2D eigenvalue weighted by Gasteiger charge is -2.26. The van der Waals surface area contributed by atoms with Gasteiger partial charge in [-0.2, -0.15) is 0 Å². The molecule has 130 valence electrons. The number of aromatic amines is 1. The molecule has 2 aromatic rings. The molecule has 1 amide bonds. The highest BCUT2D eigenvalue weighted by Crippen LogP contribution is 2.23. The van der Waals surface area contributed by atoms with E-state index in [9.17, 15) is 14.7 Å². The highest BCUT2D eigenvalue weighted by Gasteiger charge is 2.30. The van der Waals surface area contributed by atoms with Gasteiger partial charge in [0.25, 0.3) is 5.56 Å². The van der Waals surface area contributed by atoms with Crippen molar-refractivity contribution in [2.75, 3.05) is 6.54 Å². The number of carbonyl (C=O) groups is 1. The van der Waals surface area contributed by atoms with E-state index in [4.69, 9.17) is 0 Å². The topological polar surface area (TPSA) is 90.7 Å². The predicted molar refractivity (Wildman–Crippen MR) is 90.0 cm³/mol. The fourth-order valence-electron chi connectivity index (χ4n) is 3.67. The quantitative estimate of drug-likeness (QED) is 0.872. The van der Waals surface area contributed by atoms with Gasteiger partial charge in [0.1, 0.15) is 0 Å². The molecule has 0 aliphatic carbocycles. The Morgan fingerprint density at radius 1 is 1.50 bits per heavy atom. The number of likely N-dealkylation sites (tertiary alicyclic amines) is 1. The van der Waals surface area contributed by atoms with Gasteiger partial charge in [0, 0.05) is 35.6 Å². The number of nitrogens with zero attached hydrogens (tertiary/aromatic N) is 3. The smallest absolute Gasteiger partial charge is 0.266 e. The number of rotatable bonds is 4. The summed E-state index contributed by atoms with van der Waals surface area (Å²) in [7, 11) is 0. The molecule has 7 heteroatoms. The number of carbonyl (C=O) groups excluding carboxylic acids is 1. The summed E-state index contributed by atoms with van der Waals surface area (Å²) in [6.07, 6.45) is 2.39. The van der Waals surface area contributed by atoms with Crippen LogP contribution in [0.4, 0.5) is 0 Å². The first kappa shape index (κ1) is 16.7. The zero-order valence-corrected chi connectivity index (χ0v) is 14.4. The largest absolute Gasteiger partial charge is 0.393 e. The summed E-state index contributed by atoms with van der Waals surface area (Å²) < 4.78 is 1.63. The number of aryl methyl sites for hydroxylation is 2. The number of aromatic nitrogens is 3. The Morgan fingerprint density at radius 2 is 2.25 bits per heavy atom. The number of fused-ring (bicyclic) bond motifs is 1. The molecule has 2 atom stereocenters. The Hall–Kier alpha value is -2.15. The van der Waals surface area contributed by atoms with Crippen molar-refractivity contribution >= 4 is 11.6 Å². The third-order valence-corrected chi connectivity index (χ3v) is 4.84. The van der Waals surface area contributed by atoms with Crippen molar-refractivity contribution in [3.05, 3.63) is 33.4 Å². The van der Waals surface area contributed by atoms with Crippen molar-refractivity contribution in [1.29, 1.82) is 0 Å². The summed E-state index contributed by atoms with van der Waals surface area (Å²) in [4.78, 5) is 30.6. The zero-order chi connectivity index (χ0) is 17.4. The summed E-state index contributed by atoms with van der Waals surface area (Å²) in [5.74, 6) is 0.0556. The van der Waals surface area contributed by atoms with E-state index < -0.39 is 6.10 Å². The summed E-state index contributed by atoms with van der Waals surface area (Å²) in [6, 6.07) is 1.56. The van der Waals surface area contributed by atoms with Gasteiger partial charge in [0.15, 0.2) is 5.65 Å². The molecule has 0 bridgehead atoms. The van der Waals surface area contributed by atoms with Crippen LogP contribution in [0.25, 0.3) is 5.65 Å². The molecule has 2 unspecified atom stereocenters. The van der Waals surface area contributed by atoms with Gasteiger partial charge in [0.05, 0.1) is 12.5 Å². The lowest BCUT2D eigenvalue weighted by Crippen LogP contribution is -2.38. The first-order chi connectivity index (χ1) is 11.4. The highest BCUT2D eigenvalue weighted by molar-refractivity contribution is 5.80. The number of amides is 1. The SMILES string of the molecule is Cc1nc2cc(=O)[nH]n2c(C)c1CC(=O)N1CCCC1CC(C)O. The number of aliphatic hydroxyl groups excluding tert-OH is 1. The van der Waals surface area contributed by atoms with E-state index in [-0.39, 0.29) is 23.9 Å². The van der Waals surface area contributed by atoms with Crippen LogP contribution in [0.2, 0.25) is 0 Å². The van der Waals surface area contributed by atoms with Crippen LogP contribution < -0.4 is 5.56 Å². The van der Waals surface area contributed by atoms with Gasteiger partial charge in [-0.05, 0) is 40.0 Å². The van der Waals surface area contributed by atoms with E-state index in [0.717, 1.165) is 36.3 Å². The van der Waals surface area contributed by atoms with E-state index >= 15 is 0 Å². The van der Waals surface area contributed by atoms with Gasteiger partial charge in [-0.1, -0.05) is 0 Å². The Labute approximate surface area is 140 Å². The average Bonchev–Trinajstić information content (AvgIpc) is 3.09. The van der Waals surface area contributed by atoms with Crippen LogP contribution in [0.5, 0.6) is 0 Å². The molecule has 3 rings (SSSR count). The molecule has 0 aromatic carbocycles. The minimum absolute atomic E-state index is 0.0556. The van der Waals surface area contributed by atoms with Gasteiger partial charge in [0.2, 0.25) is 5.91 Å². The number of hydrogen-bond donors (Lipinski definition) is 2. The molecule has 2 aromatic heterocycles. The molecule has 0 radical (unpaired) electrons. The maximum atomic E-state index is 12.8. The standard InChI is InChI=1S/C17H24N4O3/c1-10(22)7-13-5-4-6-20(13)17(24)8-14-11(2)18-15-9-16(23)19-21(15)12(14)3/h9-10,13,22H,4-8H2,1-3H3,(H,19,23). The van der Waals surface area contributed by atoms with Crippen molar-refractivity contribution in [3.63, 3.8) is 0 Å². The molecular formula is C17H24N4O3. The Balaban J connectivity index is 1.86. The lowest BCUT2D eigenvalue weighted by molar-refractivity contribution is -0.131. The van der Waals surface area contributed by atoms with E-state index in [1.807, 2.05) is 18.7 Å². The normalized spacial score (nSPS) is 19.2. The van der Waals surface area contributed by atoms with Crippen LogP contribution in [0.3, 0.4) is 0 Å². The maximum Gasteiger partial charge on any atom is 0.266 e. The van der Waals surface area contributed by atoms with Crippen molar-refractivity contribution in [2.24, 2.45) is 0 Å². The van der Waals surface area contributed by atoms with Crippen LogP contribution in [0, 0.1) is 13.8 Å². The fourth-order valence-corrected chi connectivity index (χ4v) is 3.67. The maximum absolute atomic E-state index is 12.8. The number of nitrogens with one attached hydrogen (secondary N) is 1. The van der Waals surface area contributed by atoms with E-state index in [2.05, 4.69) is 10.1 Å². The van der Waals surface area contributed by atoms with Gasteiger partial charge >= 0.3 is 0 Å². The highest BCUT2D eigenvalue weighted by atomic mass is 16.3. The Kier molecular flexibility index (Phi) is 4.45. The molecule has 1 aliphatic rings.